The van der Waals surface area contributed by atoms with Crippen LogP contribution >= 0.6 is 0 Å². The Morgan fingerprint density at radius 2 is 0.962 bits per heavy atom. The third kappa shape index (κ3) is 3.13. The number of nitriles is 2. The molecule has 0 fully saturated rings. The summed E-state index contributed by atoms with van der Waals surface area (Å²) in [6.45, 7) is 0. The van der Waals surface area contributed by atoms with Gasteiger partial charge in [0.25, 0.3) is 0 Å². The lowest BCUT2D eigenvalue weighted by Gasteiger charge is -2.10. The lowest BCUT2D eigenvalue weighted by molar-refractivity contribution is 0.100. The molecule has 4 nitrogen and oxygen atoms in total. The second-order valence-electron chi connectivity index (χ2n) is 5.56. The lowest BCUT2D eigenvalue weighted by atomic mass is 9.90. The van der Waals surface area contributed by atoms with E-state index in [0.717, 1.165) is 0 Å². The fourth-order valence-corrected chi connectivity index (χ4v) is 2.65. The molecule has 0 aromatic heterocycles. The van der Waals surface area contributed by atoms with Crippen molar-refractivity contribution in [3.8, 4) is 12.1 Å². The zero-order chi connectivity index (χ0) is 18.5. The van der Waals surface area contributed by atoms with Crippen LogP contribution < -0.4 is 0 Å². The van der Waals surface area contributed by atoms with Crippen molar-refractivity contribution in [1.29, 1.82) is 10.5 Å². The van der Waals surface area contributed by atoms with Crippen LogP contribution in [0.15, 0.2) is 72.8 Å². The molecule has 0 N–H and O–H groups in total. The van der Waals surface area contributed by atoms with Crippen LogP contribution in [0.5, 0.6) is 0 Å². The summed E-state index contributed by atoms with van der Waals surface area (Å²) < 4.78 is 0. The summed E-state index contributed by atoms with van der Waals surface area (Å²) in [7, 11) is 0. The fourth-order valence-electron chi connectivity index (χ4n) is 2.65. The van der Waals surface area contributed by atoms with Gasteiger partial charge in [0.05, 0.1) is 11.1 Å². The van der Waals surface area contributed by atoms with Crippen molar-refractivity contribution in [2.45, 2.75) is 0 Å². The Bertz CT molecular complexity index is 984. The first kappa shape index (κ1) is 16.8. The Labute approximate surface area is 150 Å². The predicted molar refractivity (Wildman–Crippen MR) is 95.6 cm³/mol. The van der Waals surface area contributed by atoms with Gasteiger partial charge in [-0.1, -0.05) is 60.7 Å². The highest BCUT2D eigenvalue weighted by molar-refractivity contribution is 6.20. The Kier molecular flexibility index (Phi) is 4.69. The van der Waals surface area contributed by atoms with Gasteiger partial charge >= 0.3 is 0 Å². The monoisotopic (exact) mass is 336 g/mol. The molecule has 0 unspecified atom stereocenters. The highest BCUT2D eigenvalue weighted by Gasteiger charge is 2.22. The summed E-state index contributed by atoms with van der Waals surface area (Å²) in [4.78, 5) is 25.9. The van der Waals surface area contributed by atoms with Crippen molar-refractivity contribution in [3.05, 3.63) is 106 Å². The van der Waals surface area contributed by atoms with E-state index in [2.05, 4.69) is 0 Å². The van der Waals surface area contributed by atoms with Crippen molar-refractivity contribution < 1.29 is 9.59 Å². The maximum absolute atomic E-state index is 12.9. The molecule has 26 heavy (non-hydrogen) atoms. The predicted octanol–water partition coefficient (Wildman–Crippen LogP) is 3.89. The minimum absolute atomic E-state index is 0.0661. The van der Waals surface area contributed by atoms with Gasteiger partial charge in [0.1, 0.15) is 12.1 Å². The molecule has 0 aliphatic carbocycles. The van der Waals surface area contributed by atoms with E-state index >= 15 is 0 Å². The van der Waals surface area contributed by atoms with Crippen molar-refractivity contribution >= 4 is 11.6 Å². The van der Waals surface area contributed by atoms with E-state index in [4.69, 9.17) is 0 Å². The molecule has 3 aromatic carbocycles. The smallest absolute Gasteiger partial charge is 0.193 e. The van der Waals surface area contributed by atoms with Crippen molar-refractivity contribution in [3.63, 3.8) is 0 Å². The molecular formula is C22H12N2O2. The zero-order valence-corrected chi connectivity index (χ0v) is 13.6. The molecule has 0 radical (unpaired) electrons. The highest BCUT2D eigenvalue weighted by atomic mass is 16.1. The summed E-state index contributed by atoms with van der Waals surface area (Å²) in [5.41, 5.74) is 1.17. The summed E-state index contributed by atoms with van der Waals surface area (Å²) in [5.74, 6) is -0.739. The van der Waals surface area contributed by atoms with Crippen LogP contribution in [-0.4, -0.2) is 11.6 Å². The van der Waals surface area contributed by atoms with E-state index in [1.165, 1.54) is 12.1 Å². The number of benzene rings is 3. The normalized spacial score (nSPS) is 9.77. The van der Waals surface area contributed by atoms with E-state index in [-0.39, 0.29) is 33.8 Å². The standard InChI is InChI=1S/C22H12N2O2/c23-13-17-11-19(21(25)15-7-3-1-4-8-15)20(12-18(17)14-24)22(26)16-9-5-2-6-10-16/h1-12H. The molecule has 0 saturated carbocycles. The maximum atomic E-state index is 12.9. The zero-order valence-electron chi connectivity index (χ0n) is 13.6. The third-order valence-electron chi connectivity index (χ3n) is 3.96. The average molecular weight is 336 g/mol. The summed E-state index contributed by atoms with van der Waals surface area (Å²) in [6, 6.07) is 23.5. The minimum Gasteiger partial charge on any atom is -0.289 e. The largest absolute Gasteiger partial charge is 0.289 e. The molecule has 122 valence electrons. The first-order chi connectivity index (χ1) is 12.7. The number of carbonyl (C=O) groups is 2. The number of hydrogen-bond donors (Lipinski definition) is 0. The van der Waals surface area contributed by atoms with Crippen LogP contribution in [-0.2, 0) is 0 Å². The van der Waals surface area contributed by atoms with E-state index < -0.39 is 0 Å². The van der Waals surface area contributed by atoms with Crippen LogP contribution in [0, 0.1) is 22.7 Å². The summed E-state index contributed by atoms with van der Waals surface area (Å²) in [6.07, 6.45) is 0. The SMILES string of the molecule is N#Cc1cc(C(=O)c2ccccc2)c(C(=O)c2ccccc2)cc1C#N. The molecule has 0 spiro atoms. The maximum Gasteiger partial charge on any atom is 0.193 e. The molecule has 0 saturated heterocycles. The van der Waals surface area contributed by atoms with Crippen LogP contribution in [0.2, 0.25) is 0 Å². The third-order valence-corrected chi connectivity index (χ3v) is 3.96. The Morgan fingerprint density at radius 1 is 0.615 bits per heavy atom. The molecule has 0 heterocycles. The van der Waals surface area contributed by atoms with E-state index in [1.54, 1.807) is 60.7 Å². The van der Waals surface area contributed by atoms with Crippen molar-refractivity contribution in [1.82, 2.24) is 0 Å². The van der Waals surface area contributed by atoms with E-state index in [0.29, 0.717) is 11.1 Å². The van der Waals surface area contributed by atoms with Gasteiger partial charge in [-0.15, -0.1) is 0 Å². The topological polar surface area (TPSA) is 81.7 Å². The quantitative estimate of drug-likeness (QED) is 0.677. The Morgan fingerprint density at radius 3 is 1.27 bits per heavy atom. The van der Waals surface area contributed by atoms with Crippen LogP contribution in [0.3, 0.4) is 0 Å². The second kappa shape index (κ2) is 7.25. The molecule has 0 atom stereocenters. The van der Waals surface area contributed by atoms with Gasteiger partial charge in [-0.3, -0.25) is 9.59 Å². The van der Waals surface area contributed by atoms with Gasteiger partial charge in [-0.05, 0) is 12.1 Å². The molecule has 0 aliphatic rings. The fraction of sp³-hybridized carbons (Fsp3) is 0. The molecule has 0 bridgehead atoms. The number of carbonyl (C=O) groups excluding carboxylic acids is 2. The second-order valence-corrected chi connectivity index (χ2v) is 5.56. The average Bonchev–Trinajstić information content (AvgIpc) is 2.73. The van der Waals surface area contributed by atoms with Crippen LogP contribution in [0.4, 0.5) is 0 Å². The van der Waals surface area contributed by atoms with E-state index in [9.17, 15) is 20.1 Å². The first-order valence-electron chi connectivity index (χ1n) is 7.83. The van der Waals surface area contributed by atoms with Gasteiger partial charge in [-0.2, -0.15) is 10.5 Å². The number of hydrogen-bond acceptors (Lipinski definition) is 4. The molecule has 3 aromatic rings. The minimum atomic E-state index is -0.370. The Hall–Kier alpha value is -4.02. The summed E-state index contributed by atoms with van der Waals surface area (Å²) >= 11 is 0. The lowest BCUT2D eigenvalue weighted by Crippen LogP contribution is -2.12. The van der Waals surface area contributed by atoms with Crippen molar-refractivity contribution in [2.75, 3.05) is 0 Å². The van der Waals surface area contributed by atoms with Crippen LogP contribution in [0.25, 0.3) is 0 Å². The Balaban J connectivity index is 2.22. The summed E-state index contributed by atoms with van der Waals surface area (Å²) in [5, 5.41) is 18.6. The van der Waals surface area contributed by atoms with E-state index in [1.807, 2.05) is 12.1 Å². The molecule has 4 heteroatoms. The van der Waals surface area contributed by atoms with Crippen molar-refractivity contribution in [2.24, 2.45) is 0 Å². The molecule has 0 amide bonds. The number of ketones is 2. The molecule has 0 aliphatic heterocycles. The molecular weight excluding hydrogens is 324 g/mol. The van der Waals surface area contributed by atoms with Gasteiger partial charge in [0, 0.05) is 22.3 Å². The van der Waals surface area contributed by atoms with Gasteiger partial charge in [-0.25, -0.2) is 0 Å². The van der Waals surface area contributed by atoms with Gasteiger partial charge in [0.2, 0.25) is 0 Å². The van der Waals surface area contributed by atoms with Gasteiger partial charge in [0.15, 0.2) is 11.6 Å². The highest BCUT2D eigenvalue weighted by Crippen LogP contribution is 2.23. The number of nitrogens with zero attached hydrogens (tertiary/aromatic N) is 2. The van der Waals surface area contributed by atoms with Gasteiger partial charge < -0.3 is 0 Å². The molecule has 3 rings (SSSR count). The van der Waals surface area contributed by atoms with Crippen LogP contribution in [0.1, 0.15) is 43.0 Å². The first-order valence-corrected chi connectivity index (χ1v) is 7.83. The number of rotatable bonds is 4.